The van der Waals surface area contributed by atoms with E-state index in [1.807, 2.05) is 48.2 Å². The van der Waals surface area contributed by atoms with Gasteiger partial charge in [-0.15, -0.1) is 11.8 Å². The molecule has 0 spiro atoms. The number of rotatable bonds is 3. The van der Waals surface area contributed by atoms with Gasteiger partial charge in [0, 0.05) is 15.4 Å². The van der Waals surface area contributed by atoms with Crippen LogP contribution in [0, 0.1) is 0 Å². The van der Waals surface area contributed by atoms with Crippen LogP contribution in [0.1, 0.15) is 28.4 Å². The molecular formula is C26H20OS2. The highest BCUT2D eigenvalue weighted by Crippen LogP contribution is 2.53. The molecule has 0 aromatic heterocycles. The van der Waals surface area contributed by atoms with Gasteiger partial charge in [0.1, 0.15) is 0 Å². The fourth-order valence-corrected chi connectivity index (χ4v) is 6.28. The number of thioether (sulfide) groups is 2. The summed E-state index contributed by atoms with van der Waals surface area (Å²) in [6.45, 7) is 0. The molecule has 1 nitrogen and oxygen atoms in total. The molecule has 3 aromatic carbocycles. The minimum Gasteiger partial charge on any atom is -0.281 e. The zero-order valence-electron chi connectivity index (χ0n) is 15.9. The van der Waals surface area contributed by atoms with E-state index in [0.717, 1.165) is 23.3 Å². The third-order valence-electron chi connectivity index (χ3n) is 5.36. The van der Waals surface area contributed by atoms with Gasteiger partial charge in [0.15, 0.2) is 0 Å². The van der Waals surface area contributed by atoms with Crippen LogP contribution in [0.3, 0.4) is 0 Å². The van der Waals surface area contributed by atoms with Crippen LogP contribution >= 0.6 is 23.5 Å². The van der Waals surface area contributed by atoms with Crippen molar-refractivity contribution in [1.29, 1.82) is 0 Å². The van der Waals surface area contributed by atoms with Crippen LogP contribution in [0.5, 0.6) is 0 Å². The average Bonchev–Trinajstić information content (AvgIpc) is 2.79. The Balaban J connectivity index is 1.57. The number of benzene rings is 3. The molecule has 1 heterocycles. The Morgan fingerprint density at radius 2 is 1.52 bits per heavy atom. The summed E-state index contributed by atoms with van der Waals surface area (Å²) < 4.78 is 0. The SMILES string of the molecule is O=C(Sc1ccccc1)C1=CC2=C(SC1c1ccccc1)c1ccccc1CC2. The van der Waals surface area contributed by atoms with Crippen molar-refractivity contribution in [1.82, 2.24) is 0 Å². The summed E-state index contributed by atoms with van der Waals surface area (Å²) in [6, 6.07) is 29.0. The van der Waals surface area contributed by atoms with Crippen LogP contribution in [-0.4, -0.2) is 5.12 Å². The van der Waals surface area contributed by atoms with Crippen molar-refractivity contribution >= 4 is 33.5 Å². The normalized spacial score (nSPS) is 17.9. The van der Waals surface area contributed by atoms with E-state index < -0.39 is 0 Å². The van der Waals surface area contributed by atoms with Crippen molar-refractivity contribution in [3.05, 3.63) is 119 Å². The van der Waals surface area contributed by atoms with Gasteiger partial charge in [-0.3, -0.25) is 4.79 Å². The number of hydrogen-bond acceptors (Lipinski definition) is 3. The Morgan fingerprint density at radius 1 is 0.828 bits per heavy atom. The average molecular weight is 413 g/mol. The Bertz CT molecular complexity index is 1110. The number of allylic oxidation sites excluding steroid dienone is 2. The zero-order chi connectivity index (χ0) is 19.6. The highest BCUT2D eigenvalue weighted by atomic mass is 32.2. The summed E-state index contributed by atoms with van der Waals surface area (Å²) >= 11 is 3.17. The Morgan fingerprint density at radius 3 is 2.31 bits per heavy atom. The van der Waals surface area contributed by atoms with Gasteiger partial charge in [0.2, 0.25) is 5.12 Å². The third kappa shape index (κ3) is 3.73. The molecule has 1 aliphatic carbocycles. The van der Waals surface area contributed by atoms with Crippen LogP contribution in [0.4, 0.5) is 0 Å². The van der Waals surface area contributed by atoms with Gasteiger partial charge in [-0.25, -0.2) is 0 Å². The third-order valence-corrected chi connectivity index (χ3v) is 7.77. The van der Waals surface area contributed by atoms with E-state index in [9.17, 15) is 4.79 Å². The van der Waals surface area contributed by atoms with Gasteiger partial charge in [-0.1, -0.05) is 72.8 Å². The quantitative estimate of drug-likeness (QED) is 0.428. The van der Waals surface area contributed by atoms with Gasteiger partial charge < -0.3 is 0 Å². The lowest BCUT2D eigenvalue weighted by Crippen LogP contribution is -2.14. The molecule has 0 saturated heterocycles. The predicted octanol–water partition coefficient (Wildman–Crippen LogP) is 7.08. The lowest BCUT2D eigenvalue weighted by molar-refractivity contribution is -0.108. The van der Waals surface area contributed by atoms with Crippen LogP contribution in [-0.2, 0) is 11.2 Å². The summed E-state index contributed by atoms with van der Waals surface area (Å²) in [4.78, 5) is 15.7. The Labute approximate surface area is 179 Å². The van der Waals surface area contributed by atoms with Crippen LogP contribution < -0.4 is 0 Å². The first-order chi connectivity index (χ1) is 14.3. The molecule has 3 aromatic rings. The van der Waals surface area contributed by atoms with E-state index in [2.05, 4.69) is 54.6 Å². The molecule has 2 aliphatic rings. The van der Waals surface area contributed by atoms with E-state index in [1.54, 1.807) is 0 Å². The molecule has 0 saturated carbocycles. The standard InChI is InChI=1S/C26H20OS2/c27-26(28-21-12-5-2-6-13-21)23-17-20-16-15-18-9-7-8-14-22(18)25(20)29-24(23)19-10-3-1-4-11-19/h1-14,17,24H,15-16H2. The van der Waals surface area contributed by atoms with Crippen LogP contribution in [0.2, 0.25) is 0 Å². The Hall–Kier alpha value is -2.49. The van der Waals surface area contributed by atoms with E-state index in [4.69, 9.17) is 0 Å². The molecule has 3 heteroatoms. The largest absolute Gasteiger partial charge is 0.281 e. The molecule has 1 unspecified atom stereocenters. The maximum absolute atomic E-state index is 13.3. The minimum absolute atomic E-state index is 0.0184. The van der Waals surface area contributed by atoms with Crippen LogP contribution in [0.15, 0.2) is 107 Å². The van der Waals surface area contributed by atoms with Crippen LogP contribution in [0.25, 0.3) is 4.91 Å². The summed E-state index contributed by atoms with van der Waals surface area (Å²) in [5.74, 6) is 0. The van der Waals surface area contributed by atoms with Gasteiger partial charge in [-0.2, -0.15) is 0 Å². The summed E-state index contributed by atoms with van der Waals surface area (Å²) in [7, 11) is 0. The van der Waals surface area contributed by atoms with Crippen molar-refractivity contribution in [2.24, 2.45) is 0 Å². The summed E-state index contributed by atoms with van der Waals surface area (Å²) in [5, 5.41) is 0.160. The Kier molecular flexibility index (Phi) is 5.17. The molecule has 1 atom stereocenters. The second kappa shape index (κ2) is 8.10. The molecule has 0 amide bonds. The van der Waals surface area contributed by atoms with Crippen molar-refractivity contribution in [3.8, 4) is 0 Å². The van der Waals surface area contributed by atoms with Gasteiger partial charge in [0.25, 0.3) is 0 Å². The zero-order valence-corrected chi connectivity index (χ0v) is 17.5. The molecule has 29 heavy (non-hydrogen) atoms. The monoisotopic (exact) mass is 412 g/mol. The number of hydrogen-bond donors (Lipinski definition) is 0. The molecule has 142 valence electrons. The molecule has 1 aliphatic heterocycles. The number of aryl methyl sites for hydroxylation is 1. The molecule has 0 radical (unpaired) electrons. The number of carbonyl (C=O) groups excluding carboxylic acids is 1. The molecule has 0 fully saturated rings. The summed E-state index contributed by atoms with van der Waals surface area (Å²) in [5.41, 5.74) is 6.12. The fourth-order valence-electron chi connectivity index (χ4n) is 3.93. The van der Waals surface area contributed by atoms with E-state index in [0.29, 0.717) is 0 Å². The molecule has 0 N–H and O–H groups in total. The highest BCUT2D eigenvalue weighted by Gasteiger charge is 2.32. The van der Waals surface area contributed by atoms with E-state index in [1.165, 1.54) is 38.9 Å². The predicted molar refractivity (Wildman–Crippen MR) is 124 cm³/mol. The molecule has 5 rings (SSSR count). The van der Waals surface area contributed by atoms with Crippen molar-refractivity contribution in [3.63, 3.8) is 0 Å². The first-order valence-corrected chi connectivity index (χ1v) is 11.5. The second-order valence-electron chi connectivity index (χ2n) is 7.22. The fraction of sp³-hybridized carbons (Fsp3) is 0.115. The lowest BCUT2D eigenvalue weighted by Gasteiger charge is -2.31. The first kappa shape index (κ1) is 18.5. The maximum Gasteiger partial charge on any atom is 0.221 e. The van der Waals surface area contributed by atoms with Gasteiger partial charge in [0.05, 0.1) is 5.25 Å². The van der Waals surface area contributed by atoms with Crippen molar-refractivity contribution in [2.45, 2.75) is 23.0 Å². The first-order valence-electron chi connectivity index (χ1n) is 9.81. The van der Waals surface area contributed by atoms with Gasteiger partial charge >= 0.3 is 0 Å². The second-order valence-corrected chi connectivity index (χ2v) is 9.38. The minimum atomic E-state index is 0.0184. The maximum atomic E-state index is 13.3. The topological polar surface area (TPSA) is 17.1 Å². The van der Waals surface area contributed by atoms with E-state index in [-0.39, 0.29) is 10.4 Å². The lowest BCUT2D eigenvalue weighted by atomic mass is 9.90. The van der Waals surface area contributed by atoms with Gasteiger partial charge in [-0.05, 0) is 65.1 Å². The van der Waals surface area contributed by atoms with E-state index >= 15 is 0 Å². The summed E-state index contributed by atoms with van der Waals surface area (Å²) in [6.07, 6.45) is 4.21. The smallest absolute Gasteiger partial charge is 0.221 e. The molecular weight excluding hydrogens is 392 g/mol. The molecule has 0 bridgehead atoms. The number of fused-ring (bicyclic) bond motifs is 2. The van der Waals surface area contributed by atoms with Crippen molar-refractivity contribution < 1.29 is 4.79 Å². The highest BCUT2D eigenvalue weighted by molar-refractivity contribution is 8.14. The van der Waals surface area contributed by atoms with Crippen molar-refractivity contribution in [2.75, 3.05) is 0 Å². The number of carbonyl (C=O) groups is 1.